The van der Waals surface area contributed by atoms with Crippen LogP contribution in [-0.2, 0) is 6.54 Å². The third kappa shape index (κ3) is 3.66. The highest BCUT2D eigenvalue weighted by Crippen LogP contribution is 2.25. The molecule has 18 heavy (non-hydrogen) atoms. The second-order valence-corrected chi connectivity index (χ2v) is 5.86. The Kier molecular flexibility index (Phi) is 4.52. The Balaban J connectivity index is 1.67. The van der Waals surface area contributed by atoms with Crippen LogP contribution in [0.2, 0.25) is 0 Å². The van der Waals surface area contributed by atoms with Crippen molar-refractivity contribution in [1.82, 2.24) is 15.6 Å². The van der Waals surface area contributed by atoms with Crippen LogP contribution in [0.5, 0.6) is 0 Å². The normalized spacial score (nSPS) is 18.9. The molecular formula is C12H19N3O2S. The minimum absolute atomic E-state index is 0.156. The first-order valence-electron chi connectivity index (χ1n) is 6.21. The number of amides is 2. The molecule has 1 atom stereocenters. The first-order valence-corrected chi connectivity index (χ1v) is 7.26. The standard InChI is InChI=1S/C12H19N3O2S/c1-8-9(2)17-11(15-8)7-14-12(16)13-6-10-4-3-5-18-10/h10H,3-7H2,1-2H3,(H2,13,14,16)/t10-/m1/s1. The molecule has 0 radical (unpaired) electrons. The van der Waals surface area contributed by atoms with E-state index < -0.39 is 0 Å². The fraction of sp³-hybridized carbons (Fsp3) is 0.667. The van der Waals surface area contributed by atoms with Gasteiger partial charge < -0.3 is 15.1 Å². The van der Waals surface area contributed by atoms with E-state index in [9.17, 15) is 4.79 Å². The summed E-state index contributed by atoms with van der Waals surface area (Å²) in [6.07, 6.45) is 2.45. The van der Waals surface area contributed by atoms with E-state index in [0.717, 1.165) is 18.0 Å². The van der Waals surface area contributed by atoms with E-state index in [-0.39, 0.29) is 6.03 Å². The van der Waals surface area contributed by atoms with Crippen molar-refractivity contribution < 1.29 is 9.21 Å². The Morgan fingerprint density at radius 3 is 2.94 bits per heavy atom. The Bertz CT molecular complexity index is 394. The van der Waals surface area contributed by atoms with Crippen molar-refractivity contribution in [3.05, 3.63) is 17.3 Å². The summed E-state index contributed by atoms with van der Waals surface area (Å²) in [5.41, 5.74) is 0.870. The van der Waals surface area contributed by atoms with E-state index in [1.165, 1.54) is 18.6 Å². The summed E-state index contributed by atoms with van der Waals surface area (Å²) in [4.78, 5) is 15.8. The van der Waals surface area contributed by atoms with Crippen LogP contribution in [0.3, 0.4) is 0 Å². The monoisotopic (exact) mass is 269 g/mol. The topological polar surface area (TPSA) is 67.2 Å². The summed E-state index contributed by atoms with van der Waals surface area (Å²) >= 11 is 1.93. The molecule has 100 valence electrons. The third-order valence-corrected chi connectivity index (χ3v) is 4.39. The maximum absolute atomic E-state index is 11.6. The minimum Gasteiger partial charge on any atom is -0.444 e. The molecule has 1 aliphatic rings. The quantitative estimate of drug-likeness (QED) is 0.877. The van der Waals surface area contributed by atoms with Crippen LogP contribution in [0, 0.1) is 13.8 Å². The molecule has 1 aromatic rings. The first-order chi connectivity index (χ1) is 8.65. The summed E-state index contributed by atoms with van der Waals surface area (Å²) in [7, 11) is 0. The highest BCUT2D eigenvalue weighted by atomic mass is 32.2. The average molecular weight is 269 g/mol. The molecule has 6 heteroatoms. The van der Waals surface area contributed by atoms with Gasteiger partial charge in [0.15, 0.2) is 0 Å². The first kappa shape index (κ1) is 13.3. The maximum Gasteiger partial charge on any atom is 0.315 e. The molecule has 1 fully saturated rings. The van der Waals surface area contributed by atoms with Crippen molar-refractivity contribution in [3.63, 3.8) is 0 Å². The summed E-state index contributed by atoms with van der Waals surface area (Å²) in [5, 5.41) is 6.20. The van der Waals surface area contributed by atoms with Crippen LogP contribution >= 0.6 is 11.8 Å². The van der Waals surface area contributed by atoms with Crippen LogP contribution in [0.1, 0.15) is 30.2 Å². The fourth-order valence-corrected chi connectivity index (χ4v) is 3.05. The van der Waals surface area contributed by atoms with Crippen LogP contribution in [0.4, 0.5) is 4.79 Å². The zero-order valence-corrected chi connectivity index (χ0v) is 11.6. The van der Waals surface area contributed by atoms with Crippen LogP contribution in [0.25, 0.3) is 0 Å². The van der Waals surface area contributed by atoms with Gasteiger partial charge in [-0.25, -0.2) is 9.78 Å². The van der Waals surface area contributed by atoms with Gasteiger partial charge in [0.25, 0.3) is 0 Å². The second kappa shape index (κ2) is 6.13. The van der Waals surface area contributed by atoms with E-state index >= 15 is 0 Å². The van der Waals surface area contributed by atoms with Gasteiger partial charge in [-0.05, 0) is 32.4 Å². The molecule has 1 aliphatic heterocycles. The summed E-state index contributed by atoms with van der Waals surface area (Å²) in [6.45, 7) is 4.82. The molecule has 2 amide bonds. The van der Waals surface area contributed by atoms with E-state index in [1.807, 2.05) is 25.6 Å². The van der Waals surface area contributed by atoms with E-state index in [4.69, 9.17) is 4.42 Å². The molecule has 0 aliphatic carbocycles. The van der Waals surface area contributed by atoms with Gasteiger partial charge in [0.05, 0.1) is 12.2 Å². The van der Waals surface area contributed by atoms with Gasteiger partial charge in [0.1, 0.15) is 5.76 Å². The molecule has 0 aromatic carbocycles. The number of oxazole rings is 1. The number of nitrogens with one attached hydrogen (secondary N) is 2. The molecule has 2 rings (SSSR count). The number of rotatable bonds is 4. The molecule has 5 nitrogen and oxygen atoms in total. The number of carbonyl (C=O) groups excluding carboxylic acids is 1. The Hall–Kier alpha value is -1.17. The van der Waals surface area contributed by atoms with Crippen molar-refractivity contribution in [2.75, 3.05) is 12.3 Å². The van der Waals surface area contributed by atoms with E-state index in [0.29, 0.717) is 17.7 Å². The van der Waals surface area contributed by atoms with Crippen molar-refractivity contribution in [2.45, 2.75) is 38.5 Å². The van der Waals surface area contributed by atoms with Crippen LogP contribution in [-0.4, -0.2) is 28.6 Å². The van der Waals surface area contributed by atoms with Gasteiger partial charge in [-0.3, -0.25) is 0 Å². The Morgan fingerprint density at radius 1 is 1.50 bits per heavy atom. The lowest BCUT2D eigenvalue weighted by atomic mass is 10.2. The lowest BCUT2D eigenvalue weighted by molar-refractivity contribution is 0.239. The molecule has 0 saturated carbocycles. The van der Waals surface area contributed by atoms with Crippen molar-refractivity contribution >= 4 is 17.8 Å². The highest BCUT2D eigenvalue weighted by Gasteiger charge is 2.16. The summed E-state index contributed by atoms with van der Waals surface area (Å²) in [6, 6.07) is -0.156. The van der Waals surface area contributed by atoms with Crippen LogP contribution in [0.15, 0.2) is 4.42 Å². The number of carbonyl (C=O) groups is 1. The van der Waals surface area contributed by atoms with Gasteiger partial charge in [0.2, 0.25) is 5.89 Å². The zero-order valence-electron chi connectivity index (χ0n) is 10.8. The molecule has 0 spiro atoms. The molecule has 0 bridgehead atoms. The van der Waals surface area contributed by atoms with Gasteiger partial charge in [-0.15, -0.1) is 0 Å². The number of nitrogens with zero attached hydrogens (tertiary/aromatic N) is 1. The maximum atomic E-state index is 11.6. The Morgan fingerprint density at radius 2 is 2.33 bits per heavy atom. The lowest BCUT2D eigenvalue weighted by Gasteiger charge is -2.10. The molecule has 1 saturated heterocycles. The smallest absolute Gasteiger partial charge is 0.315 e. The number of aromatic nitrogens is 1. The van der Waals surface area contributed by atoms with Gasteiger partial charge >= 0.3 is 6.03 Å². The van der Waals surface area contributed by atoms with E-state index in [2.05, 4.69) is 15.6 Å². The SMILES string of the molecule is Cc1nc(CNC(=O)NC[C@H]2CCCS2)oc1C. The van der Waals surface area contributed by atoms with Crippen molar-refractivity contribution in [1.29, 1.82) is 0 Å². The molecular weight excluding hydrogens is 250 g/mol. The summed E-state index contributed by atoms with van der Waals surface area (Å²) in [5.74, 6) is 2.56. The van der Waals surface area contributed by atoms with Crippen LogP contribution < -0.4 is 10.6 Å². The minimum atomic E-state index is -0.156. The summed E-state index contributed by atoms with van der Waals surface area (Å²) < 4.78 is 5.38. The predicted molar refractivity (Wildman–Crippen MR) is 71.7 cm³/mol. The van der Waals surface area contributed by atoms with Crippen molar-refractivity contribution in [2.24, 2.45) is 0 Å². The molecule has 1 aromatic heterocycles. The zero-order chi connectivity index (χ0) is 13.0. The number of thioether (sulfide) groups is 1. The largest absolute Gasteiger partial charge is 0.444 e. The van der Waals surface area contributed by atoms with Gasteiger partial charge in [0, 0.05) is 11.8 Å². The lowest BCUT2D eigenvalue weighted by Crippen LogP contribution is -2.38. The molecule has 2 N–H and O–H groups in total. The highest BCUT2D eigenvalue weighted by molar-refractivity contribution is 8.00. The van der Waals surface area contributed by atoms with E-state index in [1.54, 1.807) is 0 Å². The van der Waals surface area contributed by atoms with Gasteiger partial charge in [-0.1, -0.05) is 0 Å². The predicted octanol–water partition coefficient (Wildman–Crippen LogP) is 1.99. The number of urea groups is 1. The molecule has 0 unspecified atom stereocenters. The average Bonchev–Trinajstić information content (AvgIpc) is 2.95. The second-order valence-electron chi connectivity index (χ2n) is 4.45. The number of hydrogen-bond donors (Lipinski definition) is 2. The van der Waals surface area contributed by atoms with Gasteiger partial charge in [-0.2, -0.15) is 11.8 Å². The number of hydrogen-bond acceptors (Lipinski definition) is 4. The molecule has 2 heterocycles. The Labute approximate surface area is 111 Å². The third-order valence-electron chi connectivity index (χ3n) is 2.99. The number of aryl methyl sites for hydroxylation is 2. The fourth-order valence-electron chi connectivity index (χ4n) is 1.85. The van der Waals surface area contributed by atoms with Crippen molar-refractivity contribution in [3.8, 4) is 0 Å².